The first-order chi connectivity index (χ1) is 7.00. The molecule has 0 spiro atoms. The van der Waals surface area contributed by atoms with Crippen molar-refractivity contribution in [3.05, 3.63) is 28.8 Å². The fourth-order valence-corrected chi connectivity index (χ4v) is 1.23. The summed E-state index contributed by atoms with van der Waals surface area (Å²) in [7, 11) is 0. The summed E-state index contributed by atoms with van der Waals surface area (Å²) in [5.74, 6) is -1.58. The van der Waals surface area contributed by atoms with Crippen molar-refractivity contribution >= 4 is 29.2 Å². The Morgan fingerprint density at radius 2 is 2.13 bits per heavy atom. The molecule has 1 aromatic rings. The highest BCUT2D eigenvalue weighted by Crippen LogP contribution is 2.22. The molecule has 0 aliphatic heterocycles. The highest BCUT2D eigenvalue weighted by atomic mass is 35.5. The lowest BCUT2D eigenvalue weighted by Crippen LogP contribution is -2.14. The standard InChI is InChI=1S/C9H9ClN2O3/c10-6-3-5(9(11)15)1-2-7(6)12-4-8(13)14/h1-3,12H,4H2,(H2,11,15)(H,13,14). The molecule has 6 heteroatoms. The molecule has 0 bridgehead atoms. The van der Waals surface area contributed by atoms with Crippen molar-refractivity contribution in [3.63, 3.8) is 0 Å². The van der Waals surface area contributed by atoms with Crippen LogP contribution in [0.25, 0.3) is 0 Å². The second-order valence-electron chi connectivity index (χ2n) is 2.81. The average Bonchev–Trinajstić information content (AvgIpc) is 2.15. The summed E-state index contributed by atoms with van der Waals surface area (Å²) in [6.45, 7) is -0.240. The Morgan fingerprint density at radius 1 is 1.47 bits per heavy atom. The number of carbonyl (C=O) groups excluding carboxylic acids is 1. The highest BCUT2D eigenvalue weighted by Gasteiger charge is 2.06. The minimum atomic E-state index is -0.995. The van der Waals surface area contributed by atoms with E-state index in [1.807, 2.05) is 0 Å². The lowest BCUT2D eigenvalue weighted by atomic mass is 10.2. The monoisotopic (exact) mass is 228 g/mol. The van der Waals surface area contributed by atoms with Gasteiger partial charge in [0.25, 0.3) is 0 Å². The highest BCUT2D eigenvalue weighted by molar-refractivity contribution is 6.33. The number of amides is 1. The molecule has 0 radical (unpaired) electrons. The molecule has 0 aliphatic carbocycles. The van der Waals surface area contributed by atoms with Crippen LogP contribution in [0.4, 0.5) is 5.69 Å². The van der Waals surface area contributed by atoms with Crippen LogP contribution in [0.1, 0.15) is 10.4 Å². The molecule has 5 nitrogen and oxygen atoms in total. The minimum absolute atomic E-state index is 0.240. The first kappa shape index (κ1) is 11.3. The largest absolute Gasteiger partial charge is 0.480 e. The molecule has 1 amide bonds. The van der Waals surface area contributed by atoms with Gasteiger partial charge in [-0.2, -0.15) is 0 Å². The van der Waals surface area contributed by atoms with Crippen molar-refractivity contribution in [2.45, 2.75) is 0 Å². The normalized spacial score (nSPS) is 9.67. The molecular weight excluding hydrogens is 220 g/mol. The number of carboxylic acid groups (broad SMARTS) is 1. The number of anilines is 1. The van der Waals surface area contributed by atoms with E-state index >= 15 is 0 Å². The number of hydrogen-bond donors (Lipinski definition) is 3. The first-order valence-corrected chi connectivity index (χ1v) is 4.43. The molecule has 0 unspecified atom stereocenters. The third-order valence-electron chi connectivity index (χ3n) is 1.68. The zero-order valence-electron chi connectivity index (χ0n) is 7.66. The smallest absolute Gasteiger partial charge is 0.322 e. The van der Waals surface area contributed by atoms with Gasteiger partial charge in [-0.05, 0) is 18.2 Å². The van der Waals surface area contributed by atoms with Gasteiger partial charge in [0.2, 0.25) is 5.91 Å². The maximum absolute atomic E-state index is 10.8. The number of rotatable bonds is 4. The second-order valence-corrected chi connectivity index (χ2v) is 3.21. The van der Waals surface area contributed by atoms with Crippen LogP contribution in [-0.4, -0.2) is 23.5 Å². The zero-order chi connectivity index (χ0) is 11.4. The summed E-state index contributed by atoms with van der Waals surface area (Å²) in [6.07, 6.45) is 0. The summed E-state index contributed by atoms with van der Waals surface area (Å²) in [5.41, 5.74) is 5.77. The van der Waals surface area contributed by atoms with Crippen LogP contribution in [0.5, 0.6) is 0 Å². The Bertz CT molecular complexity index is 406. The summed E-state index contributed by atoms with van der Waals surface area (Å²) in [4.78, 5) is 21.1. The van der Waals surface area contributed by atoms with E-state index in [1.54, 1.807) is 0 Å². The lowest BCUT2D eigenvalue weighted by Gasteiger charge is -2.06. The molecule has 80 valence electrons. The number of primary amides is 1. The van der Waals surface area contributed by atoms with E-state index in [1.165, 1.54) is 18.2 Å². The number of carbonyl (C=O) groups is 2. The second kappa shape index (κ2) is 4.65. The molecule has 4 N–H and O–H groups in total. The van der Waals surface area contributed by atoms with Gasteiger partial charge in [0.05, 0.1) is 10.7 Å². The summed E-state index contributed by atoms with van der Waals surface area (Å²) in [5, 5.41) is 11.3. The van der Waals surface area contributed by atoms with E-state index in [0.29, 0.717) is 5.69 Å². The van der Waals surface area contributed by atoms with Crippen molar-refractivity contribution in [2.75, 3.05) is 11.9 Å². The Hall–Kier alpha value is -1.75. The van der Waals surface area contributed by atoms with E-state index in [0.717, 1.165) is 0 Å². The maximum Gasteiger partial charge on any atom is 0.322 e. The molecular formula is C9H9ClN2O3. The molecule has 0 heterocycles. The number of nitrogens with two attached hydrogens (primary N) is 1. The number of carboxylic acids is 1. The fourth-order valence-electron chi connectivity index (χ4n) is 0.983. The van der Waals surface area contributed by atoms with E-state index in [4.69, 9.17) is 22.4 Å². The molecule has 1 aromatic carbocycles. The molecule has 15 heavy (non-hydrogen) atoms. The van der Waals surface area contributed by atoms with E-state index < -0.39 is 11.9 Å². The van der Waals surface area contributed by atoms with E-state index in [2.05, 4.69) is 5.32 Å². The van der Waals surface area contributed by atoms with Gasteiger partial charge >= 0.3 is 5.97 Å². The molecule has 0 aliphatic rings. The lowest BCUT2D eigenvalue weighted by molar-refractivity contribution is -0.134. The van der Waals surface area contributed by atoms with E-state index in [-0.39, 0.29) is 17.1 Å². The van der Waals surface area contributed by atoms with Crippen molar-refractivity contribution < 1.29 is 14.7 Å². The van der Waals surface area contributed by atoms with Crippen LogP contribution in [0.2, 0.25) is 5.02 Å². The van der Waals surface area contributed by atoms with Gasteiger partial charge in [-0.15, -0.1) is 0 Å². The zero-order valence-corrected chi connectivity index (χ0v) is 8.41. The van der Waals surface area contributed by atoms with Crippen molar-refractivity contribution in [1.29, 1.82) is 0 Å². The number of aliphatic carboxylic acids is 1. The number of nitrogens with one attached hydrogen (secondary N) is 1. The maximum atomic E-state index is 10.8. The molecule has 0 aromatic heterocycles. The molecule has 1 rings (SSSR count). The number of benzene rings is 1. The van der Waals surface area contributed by atoms with Crippen LogP contribution in [0, 0.1) is 0 Å². The van der Waals surface area contributed by atoms with Gasteiger partial charge < -0.3 is 16.2 Å². The Morgan fingerprint density at radius 3 is 2.60 bits per heavy atom. The predicted molar refractivity (Wildman–Crippen MR) is 56.1 cm³/mol. The number of halogens is 1. The van der Waals surface area contributed by atoms with Gasteiger partial charge in [0.15, 0.2) is 0 Å². The Balaban J connectivity index is 2.83. The first-order valence-electron chi connectivity index (χ1n) is 4.05. The van der Waals surface area contributed by atoms with Gasteiger partial charge in [-0.3, -0.25) is 9.59 Å². The van der Waals surface area contributed by atoms with Gasteiger partial charge in [-0.25, -0.2) is 0 Å². The Labute approximate surface area is 90.8 Å². The van der Waals surface area contributed by atoms with Crippen molar-refractivity contribution in [3.8, 4) is 0 Å². The summed E-state index contributed by atoms with van der Waals surface area (Å²) < 4.78 is 0. The van der Waals surface area contributed by atoms with Crippen LogP contribution in [-0.2, 0) is 4.79 Å². The molecule has 0 saturated carbocycles. The quantitative estimate of drug-likeness (QED) is 0.715. The third kappa shape index (κ3) is 3.14. The predicted octanol–water partition coefficient (Wildman–Crippen LogP) is 0.935. The minimum Gasteiger partial charge on any atom is -0.480 e. The van der Waals surface area contributed by atoms with Gasteiger partial charge in [0, 0.05) is 5.56 Å². The van der Waals surface area contributed by atoms with Crippen LogP contribution < -0.4 is 11.1 Å². The SMILES string of the molecule is NC(=O)c1ccc(NCC(=O)O)c(Cl)c1. The van der Waals surface area contributed by atoms with Crippen LogP contribution >= 0.6 is 11.6 Å². The summed E-state index contributed by atoms with van der Waals surface area (Å²) in [6, 6.07) is 4.36. The Kier molecular flexibility index (Phi) is 3.51. The van der Waals surface area contributed by atoms with Gasteiger partial charge in [0.1, 0.15) is 6.54 Å². The van der Waals surface area contributed by atoms with Crippen LogP contribution in [0.3, 0.4) is 0 Å². The molecule has 0 fully saturated rings. The van der Waals surface area contributed by atoms with E-state index in [9.17, 15) is 9.59 Å². The van der Waals surface area contributed by atoms with Crippen LogP contribution in [0.15, 0.2) is 18.2 Å². The molecule has 0 saturated heterocycles. The topological polar surface area (TPSA) is 92.4 Å². The van der Waals surface area contributed by atoms with Crippen molar-refractivity contribution in [2.24, 2.45) is 5.73 Å². The average molecular weight is 229 g/mol. The fraction of sp³-hybridized carbons (Fsp3) is 0.111. The third-order valence-corrected chi connectivity index (χ3v) is 2.00. The summed E-state index contributed by atoms with van der Waals surface area (Å²) >= 11 is 5.79. The molecule has 0 atom stereocenters. The van der Waals surface area contributed by atoms with Gasteiger partial charge in [-0.1, -0.05) is 11.6 Å². The number of hydrogen-bond acceptors (Lipinski definition) is 3. The van der Waals surface area contributed by atoms with Crippen molar-refractivity contribution in [1.82, 2.24) is 0 Å².